The third kappa shape index (κ3) is 3.07. The van der Waals surface area contributed by atoms with Crippen LogP contribution in [0.25, 0.3) is 0 Å². The molecule has 0 saturated carbocycles. The van der Waals surface area contributed by atoms with Crippen molar-refractivity contribution in [3.8, 4) is 0 Å². The maximum atomic E-state index is 5.97. The van der Waals surface area contributed by atoms with Crippen LogP contribution in [0, 0.1) is 0 Å². The summed E-state index contributed by atoms with van der Waals surface area (Å²) in [5, 5.41) is 3.78. The van der Waals surface area contributed by atoms with Crippen molar-refractivity contribution in [2.24, 2.45) is 5.84 Å². The highest BCUT2D eigenvalue weighted by Gasteiger charge is 2.15. The van der Waals surface area contributed by atoms with Crippen LogP contribution in [0.15, 0.2) is 30.3 Å². The van der Waals surface area contributed by atoms with Gasteiger partial charge in [0.15, 0.2) is 0 Å². The maximum absolute atomic E-state index is 5.97. The zero-order valence-corrected chi connectivity index (χ0v) is 9.32. The van der Waals surface area contributed by atoms with Crippen LogP contribution in [0.3, 0.4) is 0 Å². The molecule has 1 aromatic rings. The van der Waals surface area contributed by atoms with E-state index in [1.807, 2.05) is 30.3 Å². The SMILES string of the molecule is Cl.NN(c1ccccc1)N1CCOCC1. The van der Waals surface area contributed by atoms with Crippen LogP contribution in [-0.4, -0.2) is 31.3 Å². The minimum atomic E-state index is 0. The van der Waals surface area contributed by atoms with Crippen LogP contribution >= 0.6 is 12.4 Å². The Labute approximate surface area is 96.0 Å². The molecular formula is C10H16ClN3O. The molecule has 2 N–H and O–H groups in total. The van der Waals surface area contributed by atoms with Gasteiger partial charge in [0, 0.05) is 13.1 Å². The van der Waals surface area contributed by atoms with Gasteiger partial charge in [-0.1, -0.05) is 18.2 Å². The summed E-state index contributed by atoms with van der Waals surface area (Å²) in [5.41, 5.74) is 1.01. The number of hydrazine groups is 2. The molecule has 4 nitrogen and oxygen atoms in total. The Kier molecular flexibility index (Phi) is 4.84. The van der Waals surface area contributed by atoms with Crippen molar-refractivity contribution in [1.82, 2.24) is 5.01 Å². The molecule has 0 spiro atoms. The molecule has 0 aliphatic carbocycles. The summed E-state index contributed by atoms with van der Waals surface area (Å²) >= 11 is 0. The smallest absolute Gasteiger partial charge is 0.0702 e. The molecule has 1 aliphatic rings. The number of anilines is 1. The van der Waals surface area contributed by atoms with E-state index in [4.69, 9.17) is 10.6 Å². The summed E-state index contributed by atoms with van der Waals surface area (Å²) in [5.74, 6) is 5.97. The third-order valence-electron chi connectivity index (χ3n) is 2.31. The van der Waals surface area contributed by atoms with Crippen molar-refractivity contribution in [1.29, 1.82) is 0 Å². The van der Waals surface area contributed by atoms with Crippen LogP contribution in [0.1, 0.15) is 0 Å². The van der Waals surface area contributed by atoms with Crippen LogP contribution < -0.4 is 11.0 Å². The second-order valence-electron chi connectivity index (χ2n) is 3.25. The molecule has 1 aromatic carbocycles. The first-order valence-corrected chi connectivity index (χ1v) is 4.80. The molecule has 0 atom stereocenters. The molecule has 15 heavy (non-hydrogen) atoms. The zero-order chi connectivity index (χ0) is 9.80. The van der Waals surface area contributed by atoms with E-state index in [2.05, 4.69) is 5.01 Å². The highest BCUT2D eigenvalue weighted by molar-refractivity contribution is 5.85. The van der Waals surface area contributed by atoms with Gasteiger partial charge in [-0.3, -0.25) is 0 Å². The number of morpholine rings is 1. The Hall–Kier alpha value is -0.810. The fourth-order valence-corrected chi connectivity index (χ4v) is 1.51. The summed E-state index contributed by atoms with van der Waals surface area (Å²) in [6.07, 6.45) is 0. The first kappa shape index (κ1) is 12.3. The Balaban J connectivity index is 0.00000112. The number of nitrogens with two attached hydrogens (primary N) is 1. The average molecular weight is 230 g/mol. The predicted octanol–water partition coefficient (Wildman–Crippen LogP) is 1.04. The number of halogens is 1. The lowest BCUT2D eigenvalue weighted by molar-refractivity contribution is 0.0316. The molecule has 1 heterocycles. The van der Waals surface area contributed by atoms with Gasteiger partial charge >= 0.3 is 0 Å². The molecule has 2 rings (SSSR count). The number of hydrogen-bond acceptors (Lipinski definition) is 4. The molecular weight excluding hydrogens is 214 g/mol. The van der Waals surface area contributed by atoms with Gasteiger partial charge in [-0.05, 0) is 12.1 Å². The summed E-state index contributed by atoms with van der Waals surface area (Å²) in [6, 6.07) is 9.94. The lowest BCUT2D eigenvalue weighted by Crippen LogP contribution is -2.52. The molecule has 1 fully saturated rings. The van der Waals surface area contributed by atoms with Gasteiger partial charge in [0.05, 0.1) is 18.9 Å². The summed E-state index contributed by atoms with van der Waals surface area (Å²) < 4.78 is 5.26. The molecule has 0 radical (unpaired) electrons. The first-order valence-electron chi connectivity index (χ1n) is 4.80. The van der Waals surface area contributed by atoms with Crippen molar-refractivity contribution in [3.63, 3.8) is 0 Å². The van der Waals surface area contributed by atoms with Crippen molar-refractivity contribution < 1.29 is 4.74 Å². The van der Waals surface area contributed by atoms with Crippen molar-refractivity contribution in [2.45, 2.75) is 0 Å². The highest BCUT2D eigenvalue weighted by atomic mass is 35.5. The first-order chi connectivity index (χ1) is 6.88. The Morgan fingerprint density at radius 3 is 2.33 bits per heavy atom. The van der Waals surface area contributed by atoms with E-state index in [1.165, 1.54) is 0 Å². The fraction of sp³-hybridized carbons (Fsp3) is 0.400. The quantitative estimate of drug-likeness (QED) is 0.608. The second-order valence-corrected chi connectivity index (χ2v) is 3.25. The Morgan fingerprint density at radius 2 is 1.73 bits per heavy atom. The fourth-order valence-electron chi connectivity index (χ4n) is 1.51. The lowest BCUT2D eigenvalue weighted by Gasteiger charge is -2.35. The van der Waals surface area contributed by atoms with Gasteiger partial charge in [0.25, 0.3) is 0 Å². The van der Waals surface area contributed by atoms with Crippen molar-refractivity contribution in [2.75, 3.05) is 31.4 Å². The van der Waals surface area contributed by atoms with E-state index in [0.29, 0.717) is 0 Å². The number of benzene rings is 1. The van der Waals surface area contributed by atoms with Gasteiger partial charge in [0.2, 0.25) is 0 Å². The highest BCUT2D eigenvalue weighted by Crippen LogP contribution is 2.12. The number of para-hydroxylation sites is 1. The average Bonchev–Trinajstić information content (AvgIpc) is 2.30. The van der Waals surface area contributed by atoms with Gasteiger partial charge in [0.1, 0.15) is 0 Å². The van der Waals surface area contributed by atoms with Gasteiger partial charge in [-0.2, -0.15) is 0 Å². The van der Waals surface area contributed by atoms with E-state index in [-0.39, 0.29) is 12.4 Å². The largest absolute Gasteiger partial charge is 0.379 e. The van der Waals surface area contributed by atoms with Crippen LogP contribution in [0.5, 0.6) is 0 Å². The van der Waals surface area contributed by atoms with Crippen LogP contribution in [-0.2, 0) is 4.74 Å². The van der Waals surface area contributed by atoms with E-state index >= 15 is 0 Å². The minimum Gasteiger partial charge on any atom is -0.379 e. The Bertz CT molecular complexity index is 277. The molecule has 5 heteroatoms. The second kappa shape index (κ2) is 5.92. The summed E-state index contributed by atoms with van der Waals surface area (Å²) in [6.45, 7) is 3.21. The molecule has 0 unspecified atom stereocenters. The number of rotatable bonds is 2. The molecule has 1 saturated heterocycles. The zero-order valence-electron chi connectivity index (χ0n) is 8.50. The molecule has 84 valence electrons. The van der Waals surface area contributed by atoms with Crippen LogP contribution in [0.2, 0.25) is 0 Å². The van der Waals surface area contributed by atoms with Crippen LogP contribution in [0.4, 0.5) is 5.69 Å². The van der Waals surface area contributed by atoms with Crippen molar-refractivity contribution in [3.05, 3.63) is 30.3 Å². The molecule has 0 bridgehead atoms. The number of ether oxygens (including phenoxy) is 1. The van der Waals surface area contributed by atoms with E-state index in [0.717, 1.165) is 32.0 Å². The lowest BCUT2D eigenvalue weighted by atomic mass is 10.3. The summed E-state index contributed by atoms with van der Waals surface area (Å²) in [7, 11) is 0. The molecule has 0 amide bonds. The number of hydrogen-bond donors (Lipinski definition) is 1. The van der Waals surface area contributed by atoms with E-state index in [1.54, 1.807) is 5.12 Å². The van der Waals surface area contributed by atoms with E-state index in [9.17, 15) is 0 Å². The number of nitrogens with zero attached hydrogens (tertiary/aromatic N) is 2. The molecule has 1 aliphatic heterocycles. The normalized spacial score (nSPS) is 16.9. The van der Waals surface area contributed by atoms with E-state index < -0.39 is 0 Å². The monoisotopic (exact) mass is 229 g/mol. The minimum absolute atomic E-state index is 0. The van der Waals surface area contributed by atoms with Gasteiger partial charge < -0.3 is 4.74 Å². The molecule has 0 aromatic heterocycles. The Morgan fingerprint density at radius 1 is 1.13 bits per heavy atom. The predicted molar refractivity (Wildman–Crippen MR) is 62.7 cm³/mol. The van der Waals surface area contributed by atoms with Gasteiger partial charge in [-0.25, -0.2) is 16.0 Å². The van der Waals surface area contributed by atoms with Crippen molar-refractivity contribution >= 4 is 18.1 Å². The standard InChI is InChI=1S/C10H15N3O.ClH/c11-13(10-4-2-1-3-5-10)12-6-8-14-9-7-12;/h1-5H,6-9,11H2;1H. The van der Waals surface area contributed by atoms with Gasteiger partial charge in [-0.15, -0.1) is 12.4 Å². The topological polar surface area (TPSA) is 41.7 Å². The summed E-state index contributed by atoms with van der Waals surface area (Å²) in [4.78, 5) is 0. The maximum Gasteiger partial charge on any atom is 0.0702 e. The third-order valence-corrected chi connectivity index (χ3v) is 2.31.